The average Bonchev–Trinajstić information content (AvgIpc) is 3.72. The molecule has 1 aromatic heterocycles. The van der Waals surface area contributed by atoms with E-state index in [9.17, 15) is 0 Å². The lowest BCUT2D eigenvalue weighted by Crippen LogP contribution is -2.10. The van der Waals surface area contributed by atoms with Crippen LogP contribution in [0.2, 0.25) is 0 Å². The molecule has 0 saturated carbocycles. The van der Waals surface area contributed by atoms with E-state index in [0.29, 0.717) is 0 Å². The highest BCUT2D eigenvalue weighted by atomic mass is 16.3. The zero-order chi connectivity index (χ0) is 42.1. The van der Waals surface area contributed by atoms with Gasteiger partial charge in [-0.15, -0.1) is 0 Å². The lowest BCUT2D eigenvalue weighted by Gasteiger charge is -2.28. The number of fused-ring (bicyclic) bond motifs is 9. The first-order valence-corrected chi connectivity index (χ1v) is 22.0. The fraction of sp³-hybridized carbons (Fsp3) is 0. The van der Waals surface area contributed by atoms with Gasteiger partial charge in [-0.1, -0.05) is 182 Å². The summed E-state index contributed by atoms with van der Waals surface area (Å²) in [5, 5.41) is 14.5. The Morgan fingerprint density at radius 3 is 1.66 bits per heavy atom. The molecule has 12 aromatic carbocycles. The van der Waals surface area contributed by atoms with Crippen molar-refractivity contribution in [1.29, 1.82) is 0 Å². The molecule has 13 aromatic rings. The molecule has 0 radical (unpaired) electrons. The van der Waals surface area contributed by atoms with Crippen LogP contribution in [0.15, 0.2) is 241 Å². The van der Waals surface area contributed by atoms with E-state index in [4.69, 9.17) is 4.42 Å². The van der Waals surface area contributed by atoms with Crippen molar-refractivity contribution in [2.24, 2.45) is 0 Å². The number of anilines is 3. The number of furan rings is 1. The van der Waals surface area contributed by atoms with E-state index in [2.05, 4.69) is 241 Å². The van der Waals surface area contributed by atoms with Gasteiger partial charge in [-0.2, -0.15) is 0 Å². The summed E-state index contributed by atoms with van der Waals surface area (Å²) in [5.41, 5.74) is 12.2. The summed E-state index contributed by atoms with van der Waals surface area (Å²) >= 11 is 0. The van der Waals surface area contributed by atoms with E-state index < -0.39 is 0 Å². The van der Waals surface area contributed by atoms with Gasteiger partial charge in [-0.05, 0) is 136 Å². The van der Waals surface area contributed by atoms with Gasteiger partial charge in [-0.25, -0.2) is 0 Å². The maximum atomic E-state index is 6.53. The number of hydrogen-bond donors (Lipinski definition) is 0. The fourth-order valence-electron chi connectivity index (χ4n) is 10.2. The minimum atomic E-state index is 0.873. The molecule has 0 N–H and O–H groups in total. The molecule has 2 nitrogen and oxygen atoms in total. The lowest BCUT2D eigenvalue weighted by atomic mass is 9.90. The Morgan fingerprint density at radius 1 is 0.250 bits per heavy atom. The average molecular weight is 814 g/mol. The second kappa shape index (κ2) is 14.6. The number of nitrogens with zero attached hydrogens (tertiary/aromatic N) is 1. The molecule has 0 aliphatic heterocycles. The summed E-state index contributed by atoms with van der Waals surface area (Å²) in [4.78, 5) is 2.43. The van der Waals surface area contributed by atoms with Crippen molar-refractivity contribution in [3.05, 3.63) is 237 Å². The smallest absolute Gasteiger partial charge is 0.136 e. The van der Waals surface area contributed by atoms with Gasteiger partial charge in [0.05, 0.1) is 5.69 Å². The fourth-order valence-corrected chi connectivity index (χ4v) is 10.2. The first kappa shape index (κ1) is 36.2. The van der Waals surface area contributed by atoms with Gasteiger partial charge in [0.1, 0.15) is 11.2 Å². The van der Waals surface area contributed by atoms with E-state index >= 15 is 0 Å². The van der Waals surface area contributed by atoms with Crippen LogP contribution in [0.4, 0.5) is 17.1 Å². The Labute approximate surface area is 370 Å². The Morgan fingerprint density at radius 2 is 0.844 bits per heavy atom. The van der Waals surface area contributed by atoms with Gasteiger partial charge in [0.15, 0.2) is 0 Å². The molecule has 0 aliphatic carbocycles. The molecular formula is C62H39NO. The summed E-state index contributed by atoms with van der Waals surface area (Å²) in [7, 11) is 0. The van der Waals surface area contributed by atoms with Gasteiger partial charge in [0, 0.05) is 27.5 Å². The molecule has 0 aliphatic rings. The molecule has 0 fully saturated rings. The molecule has 64 heavy (non-hydrogen) atoms. The number of benzene rings is 12. The second-order valence-corrected chi connectivity index (χ2v) is 16.8. The summed E-state index contributed by atoms with van der Waals surface area (Å²) in [6, 6.07) is 86.2. The minimum absolute atomic E-state index is 0.873. The van der Waals surface area contributed by atoms with Crippen LogP contribution in [-0.2, 0) is 0 Å². The Balaban J connectivity index is 1.00. The standard InChI is InChI=1S/C62H39NO/c1-2-15-45-38-62-58(36-44(45)14-1)59-39-48(31-34-61(59)64-62)63(47-19-11-18-43(35-47)40-27-29-42(30-28-40)50-26-12-17-41-13-3-5-20-49(41)50)60-33-32-55(53-23-9-10-25-56(53)60)57-37-46-16-4-6-21-51(46)52-22-7-8-24-54(52)57/h1-39H. The maximum absolute atomic E-state index is 6.53. The molecular weight excluding hydrogens is 775 g/mol. The van der Waals surface area contributed by atoms with E-state index in [1.807, 2.05) is 0 Å². The van der Waals surface area contributed by atoms with Gasteiger partial charge < -0.3 is 9.32 Å². The Bertz CT molecular complexity index is 3960. The molecule has 0 saturated heterocycles. The Kier molecular flexibility index (Phi) is 8.25. The largest absolute Gasteiger partial charge is 0.456 e. The SMILES string of the molecule is c1cc(-c2ccc(-c3cccc4ccccc34)cc2)cc(N(c2ccc3oc4cc5ccccc5cc4c3c2)c2ccc(-c3cc4ccccc4c4ccccc34)c3ccccc23)c1. The molecule has 0 atom stereocenters. The van der Waals surface area contributed by atoms with E-state index in [1.54, 1.807) is 0 Å². The van der Waals surface area contributed by atoms with Crippen LogP contribution in [0.3, 0.4) is 0 Å². The van der Waals surface area contributed by atoms with Crippen LogP contribution in [0.5, 0.6) is 0 Å². The van der Waals surface area contributed by atoms with Crippen molar-refractivity contribution in [3.63, 3.8) is 0 Å². The normalized spacial score (nSPS) is 11.8. The summed E-state index contributed by atoms with van der Waals surface area (Å²) in [6.45, 7) is 0. The van der Waals surface area contributed by atoms with Crippen LogP contribution in [0.1, 0.15) is 0 Å². The second-order valence-electron chi connectivity index (χ2n) is 16.8. The van der Waals surface area contributed by atoms with Crippen molar-refractivity contribution >= 4 is 92.9 Å². The third kappa shape index (κ3) is 5.88. The van der Waals surface area contributed by atoms with Crippen molar-refractivity contribution in [2.45, 2.75) is 0 Å². The quantitative estimate of drug-likeness (QED) is 0.156. The number of hydrogen-bond acceptors (Lipinski definition) is 2. The van der Waals surface area contributed by atoms with E-state index in [1.165, 1.54) is 76.1 Å². The van der Waals surface area contributed by atoms with Gasteiger partial charge in [-0.3, -0.25) is 0 Å². The first-order valence-electron chi connectivity index (χ1n) is 22.0. The van der Waals surface area contributed by atoms with Crippen LogP contribution < -0.4 is 4.90 Å². The van der Waals surface area contributed by atoms with Crippen molar-refractivity contribution < 1.29 is 4.42 Å². The molecule has 1 heterocycles. The van der Waals surface area contributed by atoms with Crippen LogP contribution in [0.25, 0.3) is 109 Å². The van der Waals surface area contributed by atoms with Crippen molar-refractivity contribution in [2.75, 3.05) is 4.90 Å². The molecule has 0 unspecified atom stereocenters. The zero-order valence-corrected chi connectivity index (χ0v) is 34.9. The summed E-state index contributed by atoms with van der Waals surface area (Å²) < 4.78 is 6.53. The molecule has 13 rings (SSSR count). The van der Waals surface area contributed by atoms with Crippen LogP contribution >= 0.6 is 0 Å². The van der Waals surface area contributed by atoms with Crippen molar-refractivity contribution in [1.82, 2.24) is 0 Å². The lowest BCUT2D eigenvalue weighted by molar-refractivity contribution is 0.669. The summed E-state index contributed by atoms with van der Waals surface area (Å²) in [5.74, 6) is 0. The molecule has 0 amide bonds. The molecule has 0 bridgehead atoms. The highest BCUT2D eigenvalue weighted by Crippen LogP contribution is 2.46. The highest BCUT2D eigenvalue weighted by Gasteiger charge is 2.21. The highest BCUT2D eigenvalue weighted by molar-refractivity contribution is 6.18. The zero-order valence-electron chi connectivity index (χ0n) is 34.9. The van der Waals surface area contributed by atoms with Gasteiger partial charge in [0.25, 0.3) is 0 Å². The third-order valence-electron chi connectivity index (χ3n) is 13.2. The van der Waals surface area contributed by atoms with Gasteiger partial charge in [0.2, 0.25) is 0 Å². The monoisotopic (exact) mass is 813 g/mol. The van der Waals surface area contributed by atoms with Crippen LogP contribution in [-0.4, -0.2) is 0 Å². The molecule has 0 spiro atoms. The Hall–Kier alpha value is -8.46. The van der Waals surface area contributed by atoms with E-state index in [0.717, 1.165) is 50.1 Å². The summed E-state index contributed by atoms with van der Waals surface area (Å²) in [6.07, 6.45) is 0. The van der Waals surface area contributed by atoms with E-state index in [-0.39, 0.29) is 0 Å². The molecule has 298 valence electrons. The predicted octanol–water partition coefficient (Wildman–Crippen LogP) is 17.8. The minimum Gasteiger partial charge on any atom is -0.456 e. The van der Waals surface area contributed by atoms with Gasteiger partial charge >= 0.3 is 0 Å². The predicted molar refractivity (Wildman–Crippen MR) is 272 cm³/mol. The number of rotatable bonds is 6. The molecule has 2 heteroatoms. The first-order chi connectivity index (χ1) is 31.7. The topological polar surface area (TPSA) is 16.4 Å². The van der Waals surface area contributed by atoms with Crippen molar-refractivity contribution in [3.8, 4) is 33.4 Å². The maximum Gasteiger partial charge on any atom is 0.136 e. The third-order valence-corrected chi connectivity index (χ3v) is 13.2. The van der Waals surface area contributed by atoms with Crippen LogP contribution in [0, 0.1) is 0 Å².